The zero-order valence-electron chi connectivity index (χ0n) is 14.4. The van der Waals surface area contributed by atoms with Crippen LogP contribution in [0, 0.1) is 11.3 Å². The van der Waals surface area contributed by atoms with Gasteiger partial charge < -0.3 is 5.73 Å². The fourth-order valence-electron chi connectivity index (χ4n) is 4.19. The van der Waals surface area contributed by atoms with Gasteiger partial charge in [0.1, 0.15) is 0 Å². The third-order valence-electron chi connectivity index (χ3n) is 5.47. The number of nitrogens with two attached hydrogens (primary N) is 1. The topological polar surface area (TPSA) is 29.3 Å². The molecule has 0 saturated heterocycles. The van der Waals surface area contributed by atoms with Crippen molar-refractivity contribution >= 4 is 11.3 Å². The Kier molecular flexibility index (Phi) is 5.17. The molecule has 120 valence electrons. The largest absolute Gasteiger partial charge is 0.329 e. The van der Waals surface area contributed by atoms with Crippen LogP contribution in [-0.4, -0.2) is 23.0 Å². The van der Waals surface area contributed by atoms with Crippen molar-refractivity contribution in [3.8, 4) is 0 Å². The van der Waals surface area contributed by atoms with Gasteiger partial charge in [0.2, 0.25) is 0 Å². The molecule has 1 aliphatic carbocycles. The van der Waals surface area contributed by atoms with Gasteiger partial charge in [-0.3, -0.25) is 4.90 Å². The van der Waals surface area contributed by atoms with Gasteiger partial charge in [0.05, 0.1) is 0 Å². The summed E-state index contributed by atoms with van der Waals surface area (Å²) in [5.41, 5.74) is 6.97. The maximum absolute atomic E-state index is 6.35. The molecule has 21 heavy (non-hydrogen) atoms. The minimum absolute atomic E-state index is 0.160. The molecule has 1 heterocycles. The second-order valence-corrected chi connectivity index (χ2v) is 8.91. The van der Waals surface area contributed by atoms with Crippen molar-refractivity contribution < 1.29 is 0 Å². The summed E-state index contributed by atoms with van der Waals surface area (Å²) in [5.74, 6) is 0.647. The Bertz CT molecular complexity index is 438. The molecule has 0 amide bonds. The summed E-state index contributed by atoms with van der Waals surface area (Å²) in [5, 5.41) is 2.18. The van der Waals surface area contributed by atoms with Crippen LogP contribution >= 0.6 is 11.3 Å². The molecule has 1 aromatic heterocycles. The third-order valence-corrected chi connectivity index (χ3v) is 6.33. The lowest BCUT2D eigenvalue weighted by Gasteiger charge is -2.55. The maximum atomic E-state index is 6.35. The summed E-state index contributed by atoms with van der Waals surface area (Å²) in [7, 11) is 0. The average Bonchev–Trinajstić information content (AvgIpc) is 2.89. The molecule has 0 aliphatic heterocycles. The third kappa shape index (κ3) is 3.52. The van der Waals surface area contributed by atoms with E-state index in [-0.39, 0.29) is 5.54 Å². The van der Waals surface area contributed by atoms with Crippen LogP contribution in [0.4, 0.5) is 0 Å². The SMILES string of the molecule is CC(C)N(Cc1cccs1)C1(CN)CCC(C)(C)CC1C. The highest BCUT2D eigenvalue weighted by Gasteiger charge is 2.47. The van der Waals surface area contributed by atoms with Crippen LogP contribution in [0.2, 0.25) is 0 Å². The molecule has 2 N–H and O–H groups in total. The molecule has 2 rings (SSSR count). The van der Waals surface area contributed by atoms with E-state index in [0.29, 0.717) is 17.4 Å². The molecule has 0 spiro atoms. The van der Waals surface area contributed by atoms with Crippen molar-refractivity contribution in [3.05, 3.63) is 22.4 Å². The highest BCUT2D eigenvalue weighted by atomic mass is 32.1. The standard InChI is InChI=1S/C18H32N2S/c1-14(2)20(12-16-7-6-10-21-16)18(13-19)9-8-17(4,5)11-15(18)3/h6-7,10,14-15H,8-9,11-13,19H2,1-5H3. The molecule has 2 nitrogen and oxygen atoms in total. The van der Waals surface area contributed by atoms with Gasteiger partial charge in [-0.2, -0.15) is 0 Å². The second kappa shape index (κ2) is 6.39. The molecule has 2 atom stereocenters. The molecule has 0 aromatic carbocycles. The summed E-state index contributed by atoms with van der Waals surface area (Å²) in [6.07, 6.45) is 3.78. The number of thiophene rings is 1. The summed E-state index contributed by atoms with van der Waals surface area (Å²) in [6, 6.07) is 4.93. The lowest BCUT2D eigenvalue weighted by Crippen LogP contribution is -2.62. The fourth-order valence-corrected chi connectivity index (χ4v) is 4.90. The maximum Gasteiger partial charge on any atom is 0.0364 e. The molecular weight excluding hydrogens is 276 g/mol. The minimum Gasteiger partial charge on any atom is -0.329 e. The van der Waals surface area contributed by atoms with Crippen molar-refractivity contribution in [1.82, 2.24) is 4.90 Å². The number of nitrogens with zero attached hydrogens (tertiary/aromatic N) is 1. The molecule has 0 bridgehead atoms. The Morgan fingerprint density at radius 1 is 1.38 bits per heavy atom. The van der Waals surface area contributed by atoms with E-state index in [1.165, 1.54) is 24.1 Å². The van der Waals surface area contributed by atoms with Gasteiger partial charge >= 0.3 is 0 Å². The molecule has 1 aromatic rings. The predicted octanol–water partition coefficient (Wildman–Crippen LogP) is 4.50. The zero-order valence-corrected chi connectivity index (χ0v) is 15.2. The van der Waals surface area contributed by atoms with E-state index in [1.54, 1.807) is 0 Å². The average molecular weight is 309 g/mol. The summed E-state index contributed by atoms with van der Waals surface area (Å²) < 4.78 is 0. The van der Waals surface area contributed by atoms with E-state index < -0.39 is 0 Å². The lowest BCUT2D eigenvalue weighted by atomic mass is 9.63. The van der Waals surface area contributed by atoms with Gasteiger partial charge in [0.25, 0.3) is 0 Å². The number of hydrogen-bond donors (Lipinski definition) is 1. The first-order valence-corrected chi connectivity index (χ1v) is 9.18. The minimum atomic E-state index is 0.160. The van der Waals surface area contributed by atoms with Crippen LogP contribution in [0.15, 0.2) is 17.5 Å². The zero-order chi connectivity index (χ0) is 15.7. The van der Waals surface area contributed by atoms with Crippen LogP contribution in [0.1, 0.15) is 58.8 Å². The van der Waals surface area contributed by atoms with Crippen molar-refractivity contribution in [3.63, 3.8) is 0 Å². The Labute approximate surface area is 134 Å². The van der Waals surface area contributed by atoms with Gasteiger partial charge in [0, 0.05) is 29.5 Å². The van der Waals surface area contributed by atoms with E-state index in [2.05, 4.69) is 57.0 Å². The fraction of sp³-hybridized carbons (Fsp3) is 0.778. The molecule has 0 radical (unpaired) electrons. The van der Waals surface area contributed by atoms with Crippen LogP contribution in [0.5, 0.6) is 0 Å². The monoisotopic (exact) mass is 308 g/mol. The van der Waals surface area contributed by atoms with Gasteiger partial charge in [-0.15, -0.1) is 11.3 Å². The summed E-state index contributed by atoms with van der Waals surface area (Å²) >= 11 is 1.86. The van der Waals surface area contributed by atoms with Gasteiger partial charge in [-0.1, -0.05) is 26.8 Å². The normalized spacial score (nSPS) is 29.2. The molecule has 1 aliphatic rings. The van der Waals surface area contributed by atoms with Crippen LogP contribution < -0.4 is 5.73 Å². The van der Waals surface area contributed by atoms with Crippen molar-refractivity contribution in [2.75, 3.05) is 6.54 Å². The highest BCUT2D eigenvalue weighted by Crippen LogP contribution is 2.47. The van der Waals surface area contributed by atoms with Crippen molar-refractivity contribution in [1.29, 1.82) is 0 Å². The van der Waals surface area contributed by atoms with Crippen LogP contribution in [-0.2, 0) is 6.54 Å². The Morgan fingerprint density at radius 3 is 2.57 bits per heavy atom. The molecule has 3 heteroatoms. The van der Waals surface area contributed by atoms with Gasteiger partial charge in [-0.05, 0) is 55.9 Å². The van der Waals surface area contributed by atoms with E-state index in [0.717, 1.165) is 13.1 Å². The Morgan fingerprint density at radius 2 is 2.10 bits per heavy atom. The highest BCUT2D eigenvalue weighted by molar-refractivity contribution is 7.09. The lowest BCUT2D eigenvalue weighted by molar-refractivity contribution is -0.0443. The molecule has 1 fully saturated rings. The quantitative estimate of drug-likeness (QED) is 0.867. The first kappa shape index (κ1) is 17.0. The number of hydrogen-bond acceptors (Lipinski definition) is 3. The Hall–Kier alpha value is -0.380. The predicted molar refractivity (Wildman–Crippen MR) is 93.6 cm³/mol. The van der Waals surface area contributed by atoms with E-state index in [9.17, 15) is 0 Å². The summed E-state index contributed by atoms with van der Waals surface area (Å²) in [6.45, 7) is 13.7. The smallest absolute Gasteiger partial charge is 0.0364 e. The second-order valence-electron chi connectivity index (χ2n) is 7.88. The van der Waals surface area contributed by atoms with Crippen molar-refractivity contribution in [2.45, 2.75) is 72.0 Å². The first-order chi connectivity index (χ1) is 9.81. The van der Waals surface area contributed by atoms with Gasteiger partial charge in [-0.25, -0.2) is 0 Å². The molecule has 2 unspecified atom stereocenters. The number of rotatable bonds is 5. The molecular formula is C18H32N2S. The molecule has 1 saturated carbocycles. The van der Waals surface area contributed by atoms with Crippen molar-refractivity contribution in [2.24, 2.45) is 17.1 Å². The summed E-state index contributed by atoms with van der Waals surface area (Å²) in [4.78, 5) is 4.13. The van der Waals surface area contributed by atoms with Gasteiger partial charge in [0.15, 0.2) is 0 Å². The van der Waals surface area contributed by atoms with Crippen LogP contribution in [0.3, 0.4) is 0 Å². The van der Waals surface area contributed by atoms with Crippen LogP contribution in [0.25, 0.3) is 0 Å². The Balaban J connectivity index is 2.27. The van der Waals surface area contributed by atoms with E-state index in [1.807, 2.05) is 11.3 Å². The van der Waals surface area contributed by atoms with E-state index >= 15 is 0 Å². The van der Waals surface area contributed by atoms with E-state index in [4.69, 9.17) is 5.73 Å². The first-order valence-electron chi connectivity index (χ1n) is 8.30.